The number of rotatable bonds is 7. The van der Waals surface area contributed by atoms with Crippen molar-refractivity contribution in [2.75, 3.05) is 13.7 Å². The van der Waals surface area contributed by atoms with Crippen LogP contribution in [0.1, 0.15) is 15.9 Å². The fourth-order valence-corrected chi connectivity index (χ4v) is 3.87. The molecule has 176 valence electrons. The van der Waals surface area contributed by atoms with Gasteiger partial charge in [0, 0.05) is 17.5 Å². The van der Waals surface area contributed by atoms with Crippen molar-refractivity contribution in [3.8, 4) is 11.5 Å². The maximum Gasteiger partial charge on any atom is 0.573 e. The van der Waals surface area contributed by atoms with Crippen molar-refractivity contribution in [2.24, 2.45) is 5.73 Å². The van der Waals surface area contributed by atoms with Crippen LogP contribution in [0.5, 0.6) is 11.5 Å². The number of carbonyl (C=O) groups is 2. The molecule has 7 nitrogen and oxygen atoms in total. The van der Waals surface area contributed by atoms with Crippen LogP contribution in [-0.4, -0.2) is 36.5 Å². The van der Waals surface area contributed by atoms with Gasteiger partial charge in [0.05, 0.1) is 23.5 Å². The van der Waals surface area contributed by atoms with Crippen LogP contribution in [0.25, 0.3) is 21.8 Å². The van der Waals surface area contributed by atoms with Gasteiger partial charge in [-0.2, -0.15) is 0 Å². The summed E-state index contributed by atoms with van der Waals surface area (Å²) in [5.74, 6) is -1.26. The van der Waals surface area contributed by atoms with Crippen molar-refractivity contribution in [3.63, 3.8) is 0 Å². The Kier molecular flexibility index (Phi) is 6.06. The van der Waals surface area contributed by atoms with Crippen LogP contribution in [0.3, 0.4) is 0 Å². The zero-order valence-electron chi connectivity index (χ0n) is 17.9. The van der Waals surface area contributed by atoms with E-state index in [2.05, 4.69) is 9.47 Å². The predicted octanol–water partition coefficient (Wildman–Crippen LogP) is 4.39. The quantitative estimate of drug-likeness (QED) is 0.403. The molecule has 0 atom stereocenters. The van der Waals surface area contributed by atoms with Gasteiger partial charge in [-0.25, -0.2) is 4.79 Å². The normalized spacial score (nSPS) is 11.5. The molecule has 0 unspecified atom stereocenters. The SMILES string of the molecule is COC(=O)COc1cccc2c1c1c(C(N)=O)cccc1n2Cc1cccc(OC(F)(F)F)c1. The molecular formula is C24H19F3N2O5. The zero-order valence-corrected chi connectivity index (χ0v) is 17.9. The number of halogens is 3. The van der Waals surface area contributed by atoms with Crippen molar-refractivity contribution in [3.05, 3.63) is 71.8 Å². The summed E-state index contributed by atoms with van der Waals surface area (Å²) in [5, 5.41) is 1.05. The molecule has 34 heavy (non-hydrogen) atoms. The number of hydrogen-bond donors (Lipinski definition) is 1. The van der Waals surface area contributed by atoms with E-state index in [1.807, 2.05) is 4.57 Å². The van der Waals surface area contributed by atoms with Gasteiger partial charge in [0.2, 0.25) is 5.91 Å². The highest BCUT2D eigenvalue weighted by molar-refractivity contribution is 6.19. The van der Waals surface area contributed by atoms with E-state index in [1.54, 1.807) is 42.5 Å². The molecule has 0 aliphatic heterocycles. The summed E-state index contributed by atoms with van der Waals surface area (Å²) in [7, 11) is 1.24. The number of alkyl halides is 3. The number of amides is 1. The molecule has 0 saturated carbocycles. The number of primary amides is 1. The number of carbonyl (C=O) groups excluding carboxylic acids is 2. The van der Waals surface area contributed by atoms with Crippen LogP contribution in [-0.2, 0) is 16.1 Å². The molecule has 0 aliphatic carbocycles. The Bertz CT molecular complexity index is 1390. The lowest BCUT2D eigenvalue weighted by atomic mass is 10.1. The Balaban J connectivity index is 1.89. The highest BCUT2D eigenvalue weighted by Crippen LogP contribution is 2.38. The number of nitrogens with zero attached hydrogens (tertiary/aromatic N) is 1. The number of nitrogens with two attached hydrogens (primary N) is 1. The van der Waals surface area contributed by atoms with Gasteiger partial charge in [-0.3, -0.25) is 4.79 Å². The second-order valence-electron chi connectivity index (χ2n) is 7.36. The standard InChI is InChI=1S/C24H19F3N2O5/c1-32-20(30)13-33-19-10-4-9-18-22(19)21-16(23(28)31)7-3-8-17(21)29(18)12-14-5-2-6-15(11-14)34-24(25,26)27/h2-11H,12-13H2,1H3,(H2,28,31). The Labute approximate surface area is 191 Å². The molecule has 1 heterocycles. The lowest BCUT2D eigenvalue weighted by Gasteiger charge is -2.12. The van der Waals surface area contributed by atoms with Crippen LogP contribution in [0.4, 0.5) is 13.2 Å². The van der Waals surface area contributed by atoms with Gasteiger partial charge in [0.15, 0.2) is 6.61 Å². The average molecular weight is 472 g/mol. The highest BCUT2D eigenvalue weighted by Gasteiger charge is 2.31. The summed E-state index contributed by atoms with van der Waals surface area (Å²) >= 11 is 0. The number of fused-ring (bicyclic) bond motifs is 3. The third-order valence-electron chi connectivity index (χ3n) is 5.19. The summed E-state index contributed by atoms with van der Waals surface area (Å²) < 4.78 is 54.2. The summed E-state index contributed by atoms with van der Waals surface area (Å²) in [5.41, 5.74) is 7.64. The minimum absolute atomic E-state index is 0.164. The third-order valence-corrected chi connectivity index (χ3v) is 5.19. The Morgan fingerprint density at radius 2 is 1.65 bits per heavy atom. The van der Waals surface area contributed by atoms with E-state index in [1.165, 1.54) is 25.3 Å². The van der Waals surface area contributed by atoms with Crippen LogP contribution in [0.15, 0.2) is 60.7 Å². The predicted molar refractivity (Wildman–Crippen MR) is 118 cm³/mol. The first-order valence-electron chi connectivity index (χ1n) is 10.1. The topological polar surface area (TPSA) is 92.8 Å². The van der Waals surface area contributed by atoms with Gasteiger partial charge >= 0.3 is 12.3 Å². The largest absolute Gasteiger partial charge is 0.573 e. The number of benzene rings is 3. The molecule has 1 aromatic heterocycles. The number of ether oxygens (including phenoxy) is 3. The van der Waals surface area contributed by atoms with Crippen molar-refractivity contribution < 1.29 is 37.0 Å². The van der Waals surface area contributed by atoms with Gasteiger partial charge < -0.3 is 24.5 Å². The number of methoxy groups -OCH3 is 1. The number of hydrogen-bond acceptors (Lipinski definition) is 5. The van der Waals surface area contributed by atoms with E-state index in [0.29, 0.717) is 33.1 Å². The fourth-order valence-electron chi connectivity index (χ4n) is 3.87. The molecule has 2 N–H and O–H groups in total. The fraction of sp³-hybridized carbons (Fsp3) is 0.167. The first-order chi connectivity index (χ1) is 16.2. The van der Waals surface area contributed by atoms with Crippen molar-refractivity contribution in [1.82, 2.24) is 4.57 Å². The monoisotopic (exact) mass is 472 g/mol. The lowest BCUT2D eigenvalue weighted by molar-refractivity contribution is -0.274. The minimum Gasteiger partial charge on any atom is -0.481 e. The van der Waals surface area contributed by atoms with Crippen molar-refractivity contribution in [1.29, 1.82) is 0 Å². The second kappa shape index (κ2) is 8.97. The second-order valence-corrected chi connectivity index (χ2v) is 7.36. The van der Waals surface area contributed by atoms with E-state index in [4.69, 9.17) is 10.5 Å². The summed E-state index contributed by atoms with van der Waals surface area (Å²) in [6, 6.07) is 15.8. The first-order valence-corrected chi connectivity index (χ1v) is 10.1. The third kappa shape index (κ3) is 4.61. The Morgan fingerprint density at radius 3 is 2.32 bits per heavy atom. The molecule has 10 heteroatoms. The Morgan fingerprint density at radius 1 is 0.971 bits per heavy atom. The van der Waals surface area contributed by atoms with E-state index < -0.39 is 18.2 Å². The minimum atomic E-state index is -4.81. The van der Waals surface area contributed by atoms with Gasteiger partial charge in [-0.1, -0.05) is 24.3 Å². The van der Waals surface area contributed by atoms with Gasteiger partial charge in [0.25, 0.3) is 0 Å². The van der Waals surface area contributed by atoms with Crippen LogP contribution >= 0.6 is 0 Å². The van der Waals surface area contributed by atoms with Crippen LogP contribution in [0.2, 0.25) is 0 Å². The van der Waals surface area contributed by atoms with Crippen LogP contribution in [0, 0.1) is 0 Å². The summed E-state index contributed by atoms with van der Waals surface area (Å²) in [6.07, 6.45) is -4.81. The maximum atomic E-state index is 12.7. The lowest BCUT2D eigenvalue weighted by Crippen LogP contribution is -2.17. The van der Waals surface area contributed by atoms with E-state index in [-0.39, 0.29) is 24.5 Å². The number of aromatic nitrogens is 1. The molecule has 4 aromatic rings. The first kappa shape index (κ1) is 23.0. The van der Waals surface area contributed by atoms with Gasteiger partial charge in [-0.05, 0) is 42.0 Å². The zero-order chi connectivity index (χ0) is 24.5. The number of esters is 1. The van der Waals surface area contributed by atoms with Gasteiger partial charge in [0.1, 0.15) is 11.5 Å². The molecule has 3 aromatic carbocycles. The molecule has 0 fully saturated rings. The molecular weight excluding hydrogens is 453 g/mol. The molecule has 0 radical (unpaired) electrons. The average Bonchev–Trinajstić information content (AvgIpc) is 3.10. The van der Waals surface area contributed by atoms with Crippen molar-refractivity contribution in [2.45, 2.75) is 12.9 Å². The van der Waals surface area contributed by atoms with Crippen molar-refractivity contribution >= 4 is 33.7 Å². The Hall–Kier alpha value is -4.21. The molecule has 1 amide bonds. The maximum absolute atomic E-state index is 12.7. The van der Waals surface area contributed by atoms with Crippen LogP contribution < -0.4 is 15.2 Å². The summed E-state index contributed by atoms with van der Waals surface area (Å²) in [6.45, 7) is -0.185. The molecule has 0 spiro atoms. The molecule has 0 saturated heterocycles. The molecule has 0 bridgehead atoms. The van der Waals surface area contributed by atoms with E-state index >= 15 is 0 Å². The van der Waals surface area contributed by atoms with E-state index in [0.717, 1.165) is 0 Å². The van der Waals surface area contributed by atoms with E-state index in [9.17, 15) is 22.8 Å². The molecule has 0 aliphatic rings. The molecule has 4 rings (SSSR count). The highest BCUT2D eigenvalue weighted by atomic mass is 19.4. The summed E-state index contributed by atoms with van der Waals surface area (Å²) in [4.78, 5) is 23.8. The smallest absolute Gasteiger partial charge is 0.481 e. The van der Waals surface area contributed by atoms with Gasteiger partial charge in [-0.15, -0.1) is 13.2 Å².